The van der Waals surface area contributed by atoms with Crippen LogP contribution in [-0.2, 0) is 9.47 Å². The number of hydrogen-bond acceptors (Lipinski definition) is 5. The standard InChI is InChI=1S/C29H29BFNO3S/c1-17-14-24(32-19(3)35-25-16-36-29(30)12-13-34-28(25)29)18(2)27(31)26(17)23-10-8-22(9-11-23)21-6-4-20(15-33)5-7-21/h4-11,14-15,25,28,32H,3,12-13,16,30H2,1-2H3/t25-,28?,29?/m1/s1. The summed E-state index contributed by atoms with van der Waals surface area (Å²) in [5.74, 6) is 0.987. The number of anilines is 1. The Morgan fingerprint density at radius 2 is 1.81 bits per heavy atom. The van der Waals surface area contributed by atoms with E-state index in [4.69, 9.17) is 9.47 Å². The van der Waals surface area contributed by atoms with E-state index in [9.17, 15) is 4.79 Å². The fourth-order valence-corrected chi connectivity index (χ4v) is 6.52. The van der Waals surface area contributed by atoms with Crippen LogP contribution in [0.3, 0.4) is 0 Å². The molecule has 2 unspecified atom stereocenters. The average molecular weight is 501 g/mol. The van der Waals surface area contributed by atoms with E-state index < -0.39 is 0 Å². The number of nitrogens with one attached hydrogen (secondary N) is 1. The molecule has 3 aromatic rings. The number of rotatable bonds is 7. The minimum atomic E-state index is -0.267. The van der Waals surface area contributed by atoms with Gasteiger partial charge in [-0.15, -0.1) is 0 Å². The van der Waals surface area contributed by atoms with Gasteiger partial charge in [-0.1, -0.05) is 48.5 Å². The highest BCUT2D eigenvalue weighted by molar-refractivity contribution is 8.02. The topological polar surface area (TPSA) is 47.6 Å². The van der Waals surface area contributed by atoms with Crippen molar-refractivity contribution in [2.24, 2.45) is 0 Å². The molecule has 3 atom stereocenters. The van der Waals surface area contributed by atoms with E-state index in [-0.39, 0.29) is 22.7 Å². The van der Waals surface area contributed by atoms with Crippen LogP contribution in [0.2, 0.25) is 0 Å². The molecule has 0 bridgehead atoms. The Kier molecular flexibility index (Phi) is 6.71. The van der Waals surface area contributed by atoms with Crippen molar-refractivity contribution < 1.29 is 18.7 Å². The third-order valence-corrected chi connectivity index (χ3v) is 8.83. The molecule has 4 nitrogen and oxygen atoms in total. The van der Waals surface area contributed by atoms with Gasteiger partial charge in [0.1, 0.15) is 32.2 Å². The molecule has 2 heterocycles. The van der Waals surface area contributed by atoms with Crippen LogP contribution in [0.25, 0.3) is 22.3 Å². The van der Waals surface area contributed by atoms with Crippen molar-refractivity contribution in [3.05, 3.63) is 89.6 Å². The molecular weight excluding hydrogens is 472 g/mol. The number of halogens is 1. The first-order valence-electron chi connectivity index (χ1n) is 12.1. The maximum Gasteiger partial charge on any atom is 0.184 e. The lowest BCUT2D eigenvalue weighted by Crippen LogP contribution is -2.38. The molecular formula is C29H29BFNO3S. The minimum Gasteiger partial charge on any atom is -0.473 e. The van der Waals surface area contributed by atoms with Crippen molar-refractivity contribution in [2.45, 2.75) is 37.1 Å². The van der Waals surface area contributed by atoms with Gasteiger partial charge in [-0.05, 0) is 55.2 Å². The zero-order chi connectivity index (χ0) is 25.4. The van der Waals surface area contributed by atoms with Gasteiger partial charge in [0.15, 0.2) is 5.88 Å². The molecule has 36 heavy (non-hydrogen) atoms. The summed E-state index contributed by atoms with van der Waals surface area (Å²) in [4.78, 5) is 10.9. The number of carbonyl (C=O) groups excluding carboxylic acids is 1. The zero-order valence-corrected chi connectivity index (χ0v) is 21.6. The molecule has 0 amide bonds. The van der Waals surface area contributed by atoms with Crippen molar-refractivity contribution in [2.75, 3.05) is 17.7 Å². The van der Waals surface area contributed by atoms with Crippen LogP contribution in [-0.4, -0.2) is 43.3 Å². The van der Waals surface area contributed by atoms with Crippen LogP contribution in [0.4, 0.5) is 10.1 Å². The second-order valence-corrected chi connectivity index (χ2v) is 11.3. The Morgan fingerprint density at radius 3 is 2.47 bits per heavy atom. The summed E-state index contributed by atoms with van der Waals surface area (Å²) in [6.45, 7) is 8.47. The lowest BCUT2D eigenvalue weighted by Gasteiger charge is -2.25. The van der Waals surface area contributed by atoms with Gasteiger partial charge in [0.25, 0.3) is 0 Å². The molecule has 0 saturated carbocycles. The summed E-state index contributed by atoms with van der Waals surface area (Å²) in [5.41, 5.74) is 6.01. The minimum absolute atomic E-state index is 0.0499. The highest BCUT2D eigenvalue weighted by Gasteiger charge is 2.51. The molecule has 7 heteroatoms. The van der Waals surface area contributed by atoms with Gasteiger partial charge in [0.2, 0.25) is 0 Å². The molecule has 5 rings (SSSR count). The van der Waals surface area contributed by atoms with Gasteiger partial charge in [-0.25, -0.2) is 4.39 Å². The van der Waals surface area contributed by atoms with Crippen molar-refractivity contribution in [1.82, 2.24) is 0 Å². The van der Waals surface area contributed by atoms with Gasteiger partial charge < -0.3 is 14.8 Å². The molecule has 2 aliphatic heterocycles. The van der Waals surface area contributed by atoms with Crippen LogP contribution in [0.1, 0.15) is 27.9 Å². The number of aryl methyl sites for hydroxylation is 1. The third-order valence-electron chi connectivity index (χ3n) is 7.24. The summed E-state index contributed by atoms with van der Waals surface area (Å²) in [5, 5.41) is 3.18. The lowest BCUT2D eigenvalue weighted by atomic mass is 9.79. The number of hydrogen-bond donors (Lipinski definition) is 1. The third kappa shape index (κ3) is 4.58. The average Bonchev–Trinajstić information content (AvgIpc) is 3.40. The van der Waals surface area contributed by atoms with Gasteiger partial charge in [-0.2, -0.15) is 11.8 Å². The largest absolute Gasteiger partial charge is 0.473 e. The lowest BCUT2D eigenvalue weighted by molar-refractivity contribution is -0.00186. The summed E-state index contributed by atoms with van der Waals surface area (Å²) in [6.07, 6.45) is 1.84. The van der Waals surface area contributed by atoms with Crippen molar-refractivity contribution in [3.8, 4) is 22.3 Å². The van der Waals surface area contributed by atoms with Gasteiger partial charge >= 0.3 is 0 Å². The number of ether oxygens (including phenoxy) is 2. The van der Waals surface area contributed by atoms with E-state index in [0.29, 0.717) is 28.3 Å². The van der Waals surface area contributed by atoms with Crippen molar-refractivity contribution >= 4 is 31.6 Å². The molecule has 184 valence electrons. The smallest absolute Gasteiger partial charge is 0.184 e. The van der Waals surface area contributed by atoms with Crippen molar-refractivity contribution in [3.63, 3.8) is 0 Å². The maximum atomic E-state index is 15.6. The van der Waals surface area contributed by atoms with Gasteiger partial charge in [-0.3, -0.25) is 4.79 Å². The number of thioether (sulfide) groups is 1. The van der Waals surface area contributed by atoms with Crippen LogP contribution >= 0.6 is 11.8 Å². The summed E-state index contributed by atoms with van der Waals surface area (Å²) < 4.78 is 27.8. The van der Waals surface area contributed by atoms with Crippen LogP contribution in [0, 0.1) is 19.7 Å². The first kappa shape index (κ1) is 24.7. The highest BCUT2D eigenvalue weighted by atomic mass is 32.2. The number of benzene rings is 3. The van der Waals surface area contributed by atoms with E-state index in [2.05, 4.69) is 19.7 Å². The zero-order valence-electron chi connectivity index (χ0n) is 20.8. The molecule has 0 aliphatic carbocycles. The van der Waals surface area contributed by atoms with Crippen LogP contribution in [0.5, 0.6) is 0 Å². The molecule has 2 saturated heterocycles. The predicted molar refractivity (Wildman–Crippen MR) is 148 cm³/mol. The van der Waals surface area contributed by atoms with Gasteiger partial charge in [0, 0.05) is 39.4 Å². The number of aldehydes is 1. The molecule has 0 radical (unpaired) electrons. The van der Waals surface area contributed by atoms with E-state index in [1.165, 1.54) is 0 Å². The summed E-state index contributed by atoms with van der Waals surface area (Å²) >= 11 is 1.89. The Bertz CT molecular complexity index is 1310. The first-order valence-corrected chi connectivity index (χ1v) is 13.1. The molecule has 2 fully saturated rings. The summed E-state index contributed by atoms with van der Waals surface area (Å²) in [6, 6.07) is 17.1. The van der Waals surface area contributed by atoms with E-state index in [0.717, 1.165) is 47.3 Å². The maximum absolute atomic E-state index is 15.6. The number of carbonyl (C=O) groups is 1. The molecule has 2 aliphatic rings. The Balaban J connectivity index is 1.33. The van der Waals surface area contributed by atoms with Crippen LogP contribution in [0.15, 0.2) is 67.1 Å². The van der Waals surface area contributed by atoms with E-state index >= 15 is 4.39 Å². The Labute approximate surface area is 216 Å². The molecule has 1 N–H and O–H groups in total. The second kappa shape index (κ2) is 9.79. The first-order chi connectivity index (χ1) is 17.3. The van der Waals surface area contributed by atoms with Gasteiger partial charge in [0.05, 0.1) is 0 Å². The monoisotopic (exact) mass is 501 g/mol. The summed E-state index contributed by atoms with van der Waals surface area (Å²) in [7, 11) is 2.23. The SMILES string of the molecule is BC12CCOC1[C@H](OC(=C)Nc1cc(C)c(-c3ccc(-c4ccc(C=O)cc4)cc3)c(F)c1C)CS2. The van der Waals surface area contributed by atoms with E-state index in [1.54, 1.807) is 19.1 Å². The Hall–Kier alpha value is -3.03. The Morgan fingerprint density at radius 1 is 1.17 bits per heavy atom. The van der Waals surface area contributed by atoms with E-state index in [1.807, 2.05) is 61.2 Å². The highest BCUT2D eigenvalue weighted by Crippen LogP contribution is 2.46. The quantitative estimate of drug-likeness (QED) is 0.255. The fourth-order valence-electron chi connectivity index (χ4n) is 5.12. The van der Waals surface area contributed by atoms with Crippen molar-refractivity contribution in [1.29, 1.82) is 0 Å². The predicted octanol–water partition coefficient (Wildman–Crippen LogP) is 5.72. The second-order valence-electron chi connectivity index (χ2n) is 9.74. The molecule has 3 aromatic carbocycles. The number of fused-ring (bicyclic) bond motifs is 1. The molecule has 0 spiro atoms. The van der Waals surface area contributed by atoms with Crippen LogP contribution < -0.4 is 5.32 Å². The normalized spacial score (nSPS) is 22.8. The molecule has 0 aromatic heterocycles. The fraction of sp³-hybridized carbons (Fsp3) is 0.276.